The molecular weight excluding hydrogens is 330 g/mol. The summed E-state index contributed by atoms with van der Waals surface area (Å²) in [7, 11) is 1.88. The molecule has 0 unspecified atom stereocenters. The largest absolute Gasteiger partial charge is 0.288 e. The van der Waals surface area contributed by atoms with E-state index in [2.05, 4.69) is 21.0 Å². The van der Waals surface area contributed by atoms with E-state index >= 15 is 0 Å². The summed E-state index contributed by atoms with van der Waals surface area (Å²) in [4.78, 5) is 12.4. The van der Waals surface area contributed by atoms with Gasteiger partial charge in [0, 0.05) is 23.0 Å². The number of nitrogens with zero attached hydrogens (tertiary/aromatic N) is 3. The van der Waals surface area contributed by atoms with Crippen LogP contribution in [-0.4, -0.2) is 14.3 Å². The molecule has 0 N–H and O–H groups in total. The molecule has 0 aliphatic carbocycles. The Balaban J connectivity index is 2.25. The van der Waals surface area contributed by atoms with Crippen LogP contribution in [0.15, 0.2) is 39.6 Å². The first-order chi connectivity index (χ1) is 9.97. The molecule has 2 aromatic heterocycles. The van der Waals surface area contributed by atoms with Gasteiger partial charge in [0.25, 0.3) is 5.56 Å². The maximum atomic E-state index is 12.4. The van der Waals surface area contributed by atoms with Gasteiger partial charge in [-0.1, -0.05) is 28.1 Å². The number of hydrogen-bond donors (Lipinski definition) is 0. The standard InChI is InChI=1S/C16H16BrN3O/c1-10-7-14(21)20(9-12-5-4-6-13(17)8-12)16-15(10)11(2)18-19(16)3/h4-8H,9H2,1-3H3. The van der Waals surface area contributed by atoms with E-state index in [0.29, 0.717) is 6.54 Å². The summed E-state index contributed by atoms with van der Waals surface area (Å²) in [5.74, 6) is 0. The van der Waals surface area contributed by atoms with Gasteiger partial charge < -0.3 is 0 Å². The Morgan fingerprint density at radius 3 is 2.71 bits per heavy atom. The van der Waals surface area contributed by atoms with Crippen LogP contribution in [0.5, 0.6) is 0 Å². The first-order valence-electron chi connectivity index (χ1n) is 6.75. The number of pyridine rings is 1. The molecule has 1 aromatic carbocycles. The van der Waals surface area contributed by atoms with Crippen molar-refractivity contribution in [3.63, 3.8) is 0 Å². The third-order valence-corrected chi connectivity index (χ3v) is 4.17. The van der Waals surface area contributed by atoms with E-state index in [-0.39, 0.29) is 5.56 Å². The average molecular weight is 346 g/mol. The van der Waals surface area contributed by atoms with Crippen molar-refractivity contribution in [2.45, 2.75) is 20.4 Å². The molecule has 0 aliphatic rings. The topological polar surface area (TPSA) is 39.8 Å². The van der Waals surface area contributed by atoms with Crippen LogP contribution in [0.2, 0.25) is 0 Å². The smallest absolute Gasteiger partial charge is 0.252 e. The van der Waals surface area contributed by atoms with E-state index in [1.165, 1.54) is 0 Å². The van der Waals surface area contributed by atoms with Gasteiger partial charge in [-0.2, -0.15) is 5.10 Å². The van der Waals surface area contributed by atoms with Crippen molar-refractivity contribution >= 4 is 27.0 Å². The molecule has 5 heteroatoms. The van der Waals surface area contributed by atoms with Crippen molar-refractivity contribution in [2.24, 2.45) is 7.05 Å². The Bertz CT molecular complexity index is 892. The summed E-state index contributed by atoms with van der Waals surface area (Å²) >= 11 is 3.47. The van der Waals surface area contributed by atoms with Crippen LogP contribution in [0.25, 0.3) is 11.0 Å². The fourth-order valence-corrected chi connectivity index (χ4v) is 3.27. The van der Waals surface area contributed by atoms with Crippen LogP contribution in [-0.2, 0) is 13.6 Å². The SMILES string of the molecule is Cc1cc(=O)n(Cc2cccc(Br)c2)c2c1c(C)nn2C. The second kappa shape index (κ2) is 5.15. The van der Waals surface area contributed by atoms with E-state index in [1.807, 2.05) is 45.2 Å². The van der Waals surface area contributed by atoms with E-state index in [1.54, 1.807) is 15.3 Å². The van der Waals surface area contributed by atoms with Crippen molar-refractivity contribution in [1.29, 1.82) is 0 Å². The number of aryl methyl sites for hydroxylation is 3. The Labute approximate surface area is 131 Å². The fraction of sp³-hybridized carbons (Fsp3) is 0.250. The highest BCUT2D eigenvalue weighted by molar-refractivity contribution is 9.10. The monoisotopic (exact) mass is 345 g/mol. The molecule has 0 spiro atoms. The molecule has 0 saturated carbocycles. The van der Waals surface area contributed by atoms with Gasteiger partial charge in [-0.05, 0) is 37.1 Å². The second-order valence-electron chi connectivity index (χ2n) is 5.29. The van der Waals surface area contributed by atoms with Crippen molar-refractivity contribution in [3.05, 3.63) is 62.0 Å². The molecular formula is C16H16BrN3O. The average Bonchev–Trinajstić information content (AvgIpc) is 2.70. The van der Waals surface area contributed by atoms with Crippen LogP contribution in [0, 0.1) is 13.8 Å². The summed E-state index contributed by atoms with van der Waals surface area (Å²) in [6.45, 7) is 4.47. The van der Waals surface area contributed by atoms with Gasteiger partial charge in [0.1, 0.15) is 5.65 Å². The van der Waals surface area contributed by atoms with Crippen LogP contribution in [0.3, 0.4) is 0 Å². The molecule has 4 nitrogen and oxygen atoms in total. The number of fused-ring (bicyclic) bond motifs is 1. The van der Waals surface area contributed by atoms with Gasteiger partial charge in [-0.25, -0.2) is 0 Å². The normalized spacial score (nSPS) is 11.2. The molecule has 108 valence electrons. The Morgan fingerprint density at radius 1 is 1.24 bits per heavy atom. The maximum Gasteiger partial charge on any atom is 0.252 e. The molecule has 3 rings (SSSR count). The maximum absolute atomic E-state index is 12.4. The van der Waals surface area contributed by atoms with Crippen molar-refractivity contribution in [3.8, 4) is 0 Å². The number of aromatic nitrogens is 3. The van der Waals surface area contributed by atoms with Gasteiger partial charge in [0.2, 0.25) is 0 Å². The lowest BCUT2D eigenvalue weighted by Crippen LogP contribution is -2.22. The zero-order chi connectivity index (χ0) is 15.1. The number of rotatable bonds is 2. The lowest BCUT2D eigenvalue weighted by atomic mass is 10.1. The van der Waals surface area contributed by atoms with Crippen LogP contribution in [0.1, 0.15) is 16.8 Å². The lowest BCUT2D eigenvalue weighted by Gasteiger charge is -2.11. The molecule has 0 radical (unpaired) electrons. The van der Waals surface area contributed by atoms with Crippen LogP contribution in [0.4, 0.5) is 0 Å². The Kier molecular flexibility index (Phi) is 3.45. The highest BCUT2D eigenvalue weighted by Crippen LogP contribution is 2.21. The van der Waals surface area contributed by atoms with Gasteiger partial charge in [-0.3, -0.25) is 14.0 Å². The predicted octanol–water partition coefficient (Wildman–Crippen LogP) is 3.16. The summed E-state index contributed by atoms with van der Waals surface area (Å²) in [5.41, 5.74) is 3.88. The van der Waals surface area contributed by atoms with Crippen molar-refractivity contribution in [2.75, 3.05) is 0 Å². The summed E-state index contributed by atoms with van der Waals surface area (Å²) in [6.07, 6.45) is 0. The minimum Gasteiger partial charge on any atom is -0.288 e. The summed E-state index contributed by atoms with van der Waals surface area (Å²) in [6, 6.07) is 9.69. The quantitative estimate of drug-likeness (QED) is 0.715. The molecule has 0 aliphatic heterocycles. The minimum absolute atomic E-state index is 0.00276. The third kappa shape index (κ3) is 2.42. The predicted molar refractivity (Wildman–Crippen MR) is 87.7 cm³/mol. The van der Waals surface area contributed by atoms with Crippen molar-refractivity contribution in [1.82, 2.24) is 14.3 Å². The van der Waals surface area contributed by atoms with E-state index in [9.17, 15) is 4.79 Å². The van der Waals surface area contributed by atoms with Gasteiger partial charge in [0.15, 0.2) is 0 Å². The number of benzene rings is 1. The first kappa shape index (κ1) is 14.1. The molecule has 21 heavy (non-hydrogen) atoms. The number of halogens is 1. The summed E-state index contributed by atoms with van der Waals surface area (Å²) in [5, 5.41) is 5.52. The molecule has 0 atom stereocenters. The summed E-state index contributed by atoms with van der Waals surface area (Å²) < 4.78 is 4.58. The first-order valence-corrected chi connectivity index (χ1v) is 7.55. The van der Waals surface area contributed by atoms with Crippen LogP contribution >= 0.6 is 15.9 Å². The Hall–Kier alpha value is -1.88. The highest BCUT2D eigenvalue weighted by atomic mass is 79.9. The molecule has 0 bridgehead atoms. The zero-order valence-corrected chi connectivity index (χ0v) is 13.8. The van der Waals surface area contributed by atoms with E-state index in [4.69, 9.17) is 0 Å². The third-order valence-electron chi connectivity index (χ3n) is 3.68. The Morgan fingerprint density at radius 2 is 2.00 bits per heavy atom. The second-order valence-corrected chi connectivity index (χ2v) is 6.20. The van der Waals surface area contributed by atoms with Crippen molar-refractivity contribution < 1.29 is 0 Å². The molecule has 0 amide bonds. The fourth-order valence-electron chi connectivity index (χ4n) is 2.83. The molecule has 2 heterocycles. The molecule has 3 aromatic rings. The molecule has 0 saturated heterocycles. The van der Waals surface area contributed by atoms with Gasteiger partial charge >= 0.3 is 0 Å². The highest BCUT2D eigenvalue weighted by Gasteiger charge is 2.14. The zero-order valence-electron chi connectivity index (χ0n) is 12.2. The van der Waals surface area contributed by atoms with E-state index < -0.39 is 0 Å². The van der Waals surface area contributed by atoms with E-state index in [0.717, 1.165) is 32.3 Å². The van der Waals surface area contributed by atoms with Gasteiger partial charge in [0.05, 0.1) is 12.2 Å². The minimum atomic E-state index is 0.00276. The number of hydrogen-bond acceptors (Lipinski definition) is 2. The van der Waals surface area contributed by atoms with Gasteiger partial charge in [-0.15, -0.1) is 0 Å². The molecule has 0 fully saturated rings. The van der Waals surface area contributed by atoms with Crippen LogP contribution < -0.4 is 5.56 Å². The lowest BCUT2D eigenvalue weighted by molar-refractivity contribution is 0.708.